The summed E-state index contributed by atoms with van der Waals surface area (Å²) in [6.07, 6.45) is 2.63. The summed E-state index contributed by atoms with van der Waals surface area (Å²) in [6.45, 7) is 8.08. The van der Waals surface area contributed by atoms with Crippen molar-refractivity contribution in [2.75, 3.05) is 25.0 Å². The van der Waals surface area contributed by atoms with Crippen LogP contribution < -0.4 is 10.6 Å². The fourth-order valence-electron chi connectivity index (χ4n) is 3.66. The van der Waals surface area contributed by atoms with E-state index >= 15 is 0 Å². The molecule has 0 saturated heterocycles. The number of carbonyl (C=O) groups excluding carboxylic acids is 1. The first-order valence-corrected chi connectivity index (χ1v) is 9.19. The highest BCUT2D eigenvalue weighted by Crippen LogP contribution is 2.33. The van der Waals surface area contributed by atoms with Crippen molar-refractivity contribution >= 4 is 36.4 Å². The molecule has 2 N–H and O–H groups in total. The molecular weight excluding hydrogens is 397 g/mol. The van der Waals surface area contributed by atoms with Crippen LogP contribution in [0, 0.1) is 5.41 Å². The van der Waals surface area contributed by atoms with E-state index in [-0.39, 0.29) is 36.1 Å². The molecule has 0 saturated carbocycles. The van der Waals surface area contributed by atoms with Gasteiger partial charge in [0.05, 0.1) is 18.4 Å². The molecular formula is C21H31Cl2N3O2. The number of nitrogens with zero attached hydrogens (tertiary/aromatic N) is 2. The molecule has 156 valence electrons. The van der Waals surface area contributed by atoms with E-state index in [0.29, 0.717) is 31.2 Å². The monoisotopic (exact) mass is 427 g/mol. The van der Waals surface area contributed by atoms with E-state index in [4.69, 9.17) is 10.2 Å². The number of halogens is 2. The molecule has 0 bridgehead atoms. The largest absolute Gasteiger partial charge is 0.467 e. The second-order valence-electron chi connectivity index (χ2n) is 8.10. The van der Waals surface area contributed by atoms with Crippen LogP contribution in [0.3, 0.4) is 0 Å². The summed E-state index contributed by atoms with van der Waals surface area (Å²) in [5.41, 5.74) is 8.91. The molecule has 2 heterocycles. The molecule has 0 aliphatic carbocycles. The average molecular weight is 428 g/mol. The van der Waals surface area contributed by atoms with Gasteiger partial charge < -0.3 is 20.0 Å². The number of nitrogens with two attached hydrogens (primary N) is 1. The summed E-state index contributed by atoms with van der Waals surface area (Å²) in [7, 11) is 1.82. The van der Waals surface area contributed by atoms with E-state index in [1.807, 2.05) is 7.05 Å². The summed E-state index contributed by atoms with van der Waals surface area (Å²) in [4.78, 5) is 17.0. The smallest absolute Gasteiger partial charge is 0.257 e. The number of hydrogen-bond donors (Lipinski definition) is 1. The Balaban J connectivity index is 0.00000196. The molecule has 1 aliphatic heterocycles. The third-order valence-electron chi connectivity index (χ3n) is 5.20. The van der Waals surface area contributed by atoms with Gasteiger partial charge in [-0.05, 0) is 43.0 Å². The SMILES string of the molecule is CC1Cc2ccccc2N1Cc1occc1C(=O)N(C)CC(C)(C)CN.Cl.Cl. The third kappa shape index (κ3) is 5.02. The fourth-order valence-corrected chi connectivity index (χ4v) is 3.66. The van der Waals surface area contributed by atoms with Crippen molar-refractivity contribution in [3.63, 3.8) is 0 Å². The van der Waals surface area contributed by atoms with Crippen LogP contribution >= 0.6 is 24.8 Å². The van der Waals surface area contributed by atoms with Crippen molar-refractivity contribution in [2.45, 2.75) is 39.8 Å². The zero-order valence-corrected chi connectivity index (χ0v) is 18.6. The van der Waals surface area contributed by atoms with Crippen molar-refractivity contribution in [1.29, 1.82) is 0 Å². The number of fused-ring (bicyclic) bond motifs is 1. The van der Waals surface area contributed by atoms with Crippen molar-refractivity contribution in [2.24, 2.45) is 11.1 Å². The number of anilines is 1. The van der Waals surface area contributed by atoms with Crippen molar-refractivity contribution in [3.05, 3.63) is 53.5 Å². The molecule has 1 aromatic heterocycles. The van der Waals surface area contributed by atoms with E-state index in [1.165, 1.54) is 11.3 Å². The number of para-hydroxylation sites is 1. The van der Waals surface area contributed by atoms with E-state index in [1.54, 1.807) is 17.2 Å². The maximum Gasteiger partial charge on any atom is 0.257 e. The van der Waals surface area contributed by atoms with Crippen LogP contribution in [-0.4, -0.2) is 37.0 Å². The van der Waals surface area contributed by atoms with E-state index in [0.717, 1.165) is 12.2 Å². The summed E-state index contributed by atoms with van der Waals surface area (Å²) in [6, 6.07) is 10.6. The summed E-state index contributed by atoms with van der Waals surface area (Å²) in [5.74, 6) is 0.700. The van der Waals surface area contributed by atoms with Crippen LogP contribution in [0.1, 0.15) is 42.5 Å². The zero-order chi connectivity index (χ0) is 18.9. The van der Waals surface area contributed by atoms with Gasteiger partial charge in [0, 0.05) is 25.3 Å². The van der Waals surface area contributed by atoms with Gasteiger partial charge in [-0.3, -0.25) is 4.79 Å². The Morgan fingerprint density at radius 1 is 1.29 bits per heavy atom. The highest BCUT2D eigenvalue weighted by atomic mass is 35.5. The molecule has 28 heavy (non-hydrogen) atoms. The van der Waals surface area contributed by atoms with Crippen molar-refractivity contribution in [1.82, 2.24) is 4.90 Å². The Bertz CT molecular complexity index is 791. The minimum absolute atomic E-state index is 0. The summed E-state index contributed by atoms with van der Waals surface area (Å²) < 4.78 is 5.70. The highest BCUT2D eigenvalue weighted by Gasteiger charge is 2.29. The lowest BCUT2D eigenvalue weighted by Crippen LogP contribution is -2.40. The number of hydrogen-bond acceptors (Lipinski definition) is 4. The van der Waals surface area contributed by atoms with Gasteiger partial charge in [0.25, 0.3) is 5.91 Å². The van der Waals surface area contributed by atoms with Crippen LogP contribution in [0.15, 0.2) is 41.0 Å². The first-order valence-electron chi connectivity index (χ1n) is 9.19. The predicted octanol–water partition coefficient (Wildman–Crippen LogP) is 4.13. The minimum Gasteiger partial charge on any atom is -0.467 e. The van der Waals surface area contributed by atoms with Gasteiger partial charge in [-0.25, -0.2) is 0 Å². The Kier molecular flexibility index (Phi) is 8.42. The molecule has 1 unspecified atom stereocenters. The lowest BCUT2D eigenvalue weighted by Gasteiger charge is -2.29. The van der Waals surface area contributed by atoms with Crippen LogP contribution in [0.5, 0.6) is 0 Å². The lowest BCUT2D eigenvalue weighted by atomic mass is 9.93. The third-order valence-corrected chi connectivity index (χ3v) is 5.20. The number of benzene rings is 1. The molecule has 1 amide bonds. The molecule has 0 radical (unpaired) electrons. The Morgan fingerprint density at radius 3 is 2.64 bits per heavy atom. The molecule has 2 aromatic rings. The number of carbonyl (C=O) groups is 1. The first-order chi connectivity index (χ1) is 12.3. The van der Waals surface area contributed by atoms with Crippen LogP contribution in [0.25, 0.3) is 0 Å². The van der Waals surface area contributed by atoms with Gasteiger partial charge in [-0.15, -0.1) is 24.8 Å². The second kappa shape index (κ2) is 9.68. The van der Waals surface area contributed by atoms with Crippen LogP contribution in [0.2, 0.25) is 0 Å². The van der Waals surface area contributed by atoms with Crippen molar-refractivity contribution < 1.29 is 9.21 Å². The quantitative estimate of drug-likeness (QED) is 0.752. The van der Waals surface area contributed by atoms with Gasteiger partial charge in [0.1, 0.15) is 5.76 Å². The summed E-state index contributed by atoms with van der Waals surface area (Å²) in [5, 5.41) is 0. The van der Waals surface area contributed by atoms with Crippen LogP contribution in [-0.2, 0) is 13.0 Å². The molecule has 1 aliphatic rings. The number of furan rings is 1. The Hall–Kier alpha value is -1.69. The maximum atomic E-state index is 12.9. The normalized spacial score (nSPS) is 15.5. The van der Waals surface area contributed by atoms with Gasteiger partial charge in [-0.1, -0.05) is 32.0 Å². The van der Waals surface area contributed by atoms with Gasteiger partial charge in [-0.2, -0.15) is 0 Å². The van der Waals surface area contributed by atoms with E-state index < -0.39 is 0 Å². The highest BCUT2D eigenvalue weighted by molar-refractivity contribution is 5.95. The molecule has 0 fully saturated rings. The van der Waals surface area contributed by atoms with Gasteiger partial charge in [0.2, 0.25) is 0 Å². The Morgan fingerprint density at radius 2 is 1.96 bits per heavy atom. The average Bonchev–Trinajstić information content (AvgIpc) is 3.19. The first kappa shape index (κ1) is 24.3. The zero-order valence-electron chi connectivity index (χ0n) is 17.0. The molecule has 1 atom stereocenters. The summed E-state index contributed by atoms with van der Waals surface area (Å²) >= 11 is 0. The van der Waals surface area contributed by atoms with Gasteiger partial charge >= 0.3 is 0 Å². The second-order valence-corrected chi connectivity index (χ2v) is 8.10. The maximum absolute atomic E-state index is 12.9. The van der Waals surface area contributed by atoms with E-state index in [9.17, 15) is 4.79 Å². The number of rotatable bonds is 6. The fraction of sp³-hybridized carbons (Fsp3) is 0.476. The van der Waals surface area contributed by atoms with Gasteiger partial charge in [0.15, 0.2) is 0 Å². The molecule has 7 heteroatoms. The molecule has 5 nitrogen and oxygen atoms in total. The lowest BCUT2D eigenvalue weighted by molar-refractivity contribution is 0.0738. The van der Waals surface area contributed by atoms with Crippen LogP contribution in [0.4, 0.5) is 5.69 Å². The molecule has 1 aromatic carbocycles. The number of amides is 1. The Labute approximate surface area is 180 Å². The molecule has 3 rings (SSSR count). The minimum atomic E-state index is -0.114. The predicted molar refractivity (Wildman–Crippen MR) is 119 cm³/mol. The van der Waals surface area contributed by atoms with Crippen molar-refractivity contribution in [3.8, 4) is 0 Å². The van der Waals surface area contributed by atoms with E-state index in [2.05, 4.69) is 49.9 Å². The standard InChI is InChI=1S/C21H29N3O2.2ClH/c1-15-11-16-7-5-6-8-18(16)24(15)12-19-17(9-10-26-19)20(25)23(4)14-21(2,3)13-22;;/h5-10,15H,11-14,22H2,1-4H3;2*1H. The topological polar surface area (TPSA) is 62.7 Å². The molecule has 0 spiro atoms.